The van der Waals surface area contributed by atoms with Gasteiger partial charge < -0.3 is 15.1 Å². The topological polar surface area (TPSA) is 30.9 Å². The quantitative estimate of drug-likeness (QED) is 0.415. The first-order chi connectivity index (χ1) is 12.2. The number of nitrogens with one attached hydrogen (secondary N) is 1. The Labute approximate surface area is 174 Å². The van der Waals surface area contributed by atoms with E-state index in [0.29, 0.717) is 12.5 Å². The van der Waals surface area contributed by atoms with Crippen LogP contribution in [0.25, 0.3) is 0 Å². The van der Waals surface area contributed by atoms with Crippen molar-refractivity contribution < 1.29 is 0 Å². The lowest BCUT2D eigenvalue weighted by Crippen LogP contribution is -2.39. The lowest BCUT2D eigenvalue weighted by Gasteiger charge is -2.21. The lowest BCUT2D eigenvalue weighted by atomic mass is 10.1. The normalized spacial score (nSPS) is 16.9. The highest BCUT2D eigenvalue weighted by Gasteiger charge is 2.22. The molecule has 0 spiro atoms. The molecule has 3 rings (SSSR count). The number of halogens is 1. The summed E-state index contributed by atoms with van der Waals surface area (Å²) in [6, 6.07) is 21.1. The van der Waals surface area contributed by atoms with Gasteiger partial charge in [-0.25, -0.2) is 4.99 Å². The van der Waals surface area contributed by atoms with Gasteiger partial charge >= 0.3 is 0 Å². The highest BCUT2D eigenvalue weighted by Crippen LogP contribution is 2.22. The molecule has 4 nitrogen and oxygen atoms in total. The number of anilines is 1. The molecular weight excluding hydrogens is 435 g/mol. The molecule has 0 amide bonds. The zero-order chi connectivity index (χ0) is 17.5. The summed E-state index contributed by atoms with van der Waals surface area (Å²) in [6.45, 7) is 3.92. The molecular formula is C21H29IN4. The molecule has 0 bridgehead atoms. The van der Waals surface area contributed by atoms with Crippen LogP contribution in [0.4, 0.5) is 5.69 Å². The lowest BCUT2D eigenvalue weighted by molar-refractivity contribution is 0.525. The second-order valence-electron chi connectivity index (χ2n) is 6.84. The van der Waals surface area contributed by atoms with Crippen LogP contribution in [-0.2, 0) is 6.54 Å². The third-order valence-electron chi connectivity index (χ3n) is 4.63. The highest BCUT2D eigenvalue weighted by atomic mass is 127. The molecule has 2 aromatic rings. The molecule has 0 aromatic heterocycles. The van der Waals surface area contributed by atoms with Crippen LogP contribution >= 0.6 is 24.0 Å². The number of nitrogens with zero attached hydrogens (tertiary/aromatic N) is 3. The van der Waals surface area contributed by atoms with Gasteiger partial charge in [-0.2, -0.15) is 0 Å². The first-order valence-electron chi connectivity index (χ1n) is 9.02. The van der Waals surface area contributed by atoms with E-state index in [1.807, 2.05) is 20.2 Å². The Morgan fingerprint density at radius 3 is 2.38 bits per heavy atom. The fraction of sp³-hybridized carbons (Fsp3) is 0.381. The molecule has 0 aliphatic carbocycles. The number of para-hydroxylation sites is 1. The predicted octanol–water partition coefficient (Wildman–Crippen LogP) is 3.84. The van der Waals surface area contributed by atoms with Crippen molar-refractivity contribution in [3.05, 3.63) is 66.2 Å². The summed E-state index contributed by atoms with van der Waals surface area (Å²) in [4.78, 5) is 9.29. The number of rotatable bonds is 5. The smallest absolute Gasteiger partial charge is 0.193 e. The van der Waals surface area contributed by atoms with Crippen molar-refractivity contribution in [3.8, 4) is 0 Å². The maximum absolute atomic E-state index is 4.75. The van der Waals surface area contributed by atoms with Gasteiger partial charge in [0.05, 0.1) is 6.54 Å². The van der Waals surface area contributed by atoms with Crippen molar-refractivity contribution in [2.75, 3.05) is 38.6 Å². The molecule has 1 unspecified atom stereocenters. The zero-order valence-corrected chi connectivity index (χ0v) is 18.0. The van der Waals surface area contributed by atoms with Gasteiger partial charge in [0.2, 0.25) is 0 Å². The molecule has 140 valence electrons. The SMILES string of the molecule is CN(C)C(=NCc1ccccc1)NCC1CCN(c2ccccc2)C1.I. The molecule has 1 heterocycles. The van der Waals surface area contributed by atoms with E-state index in [2.05, 4.69) is 69.7 Å². The Bertz CT molecular complexity index is 673. The first kappa shape index (κ1) is 20.6. The van der Waals surface area contributed by atoms with Crippen molar-refractivity contribution in [3.63, 3.8) is 0 Å². The van der Waals surface area contributed by atoms with E-state index in [4.69, 9.17) is 4.99 Å². The number of guanidine groups is 1. The van der Waals surface area contributed by atoms with Gasteiger partial charge in [0.1, 0.15) is 0 Å². The average Bonchev–Trinajstić information content (AvgIpc) is 3.12. The fourth-order valence-corrected chi connectivity index (χ4v) is 3.21. The minimum Gasteiger partial charge on any atom is -0.371 e. The van der Waals surface area contributed by atoms with Crippen molar-refractivity contribution in [2.45, 2.75) is 13.0 Å². The Hall–Kier alpha value is -1.76. The van der Waals surface area contributed by atoms with E-state index in [1.54, 1.807) is 0 Å². The molecule has 1 saturated heterocycles. The number of hydrogen-bond donors (Lipinski definition) is 1. The van der Waals surface area contributed by atoms with Crippen LogP contribution in [0, 0.1) is 5.92 Å². The van der Waals surface area contributed by atoms with E-state index in [-0.39, 0.29) is 24.0 Å². The van der Waals surface area contributed by atoms with Crippen LogP contribution in [0.3, 0.4) is 0 Å². The molecule has 1 fully saturated rings. The fourth-order valence-electron chi connectivity index (χ4n) is 3.21. The Kier molecular flexibility index (Phi) is 8.22. The monoisotopic (exact) mass is 464 g/mol. The number of aliphatic imine (C=N–C) groups is 1. The Morgan fingerprint density at radius 2 is 1.73 bits per heavy atom. The van der Waals surface area contributed by atoms with Crippen molar-refractivity contribution in [1.82, 2.24) is 10.2 Å². The van der Waals surface area contributed by atoms with Gasteiger partial charge in [0.15, 0.2) is 5.96 Å². The molecule has 1 aliphatic heterocycles. The minimum atomic E-state index is 0. The van der Waals surface area contributed by atoms with Crippen LogP contribution in [0.5, 0.6) is 0 Å². The van der Waals surface area contributed by atoms with E-state index < -0.39 is 0 Å². The first-order valence-corrected chi connectivity index (χ1v) is 9.02. The third-order valence-corrected chi connectivity index (χ3v) is 4.63. The maximum Gasteiger partial charge on any atom is 0.193 e. The van der Waals surface area contributed by atoms with Gasteiger partial charge in [0.25, 0.3) is 0 Å². The van der Waals surface area contributed by atoms with Gasteiger partial charge in [-0.15, -0.1) is 24.0 Å². The van der Waals surface area contributed by atoms with E-state index >= 15 is 0 Å². The highest BCUT2D eigenvalue weighted by molar-refractivity contribution is 14.0. The van der Waals surface area contributed by atoms with E-state index in [0.717, 1.165) is 25.6 Å². The zero-order valence-electron chi connectivity index (χ0n) is 15.6. The van der Waals surface area contributed by atoms with Gasteiger partial charge in [-0.05, 0) is 30.0 Å². The average molecular weight is 464 g/mol. The second kappa shape index (κ2) is 10.4. The largest absolute Gasteiger partial charge is 0.371 e. The molecule has 0 radical (unpaired) electrons. The molecule has 1 aliphatic rings. The molecule has 2 aromatic carbocycles. The van der Waals surface area contributed by atoms with Crippen molar-refractivity contribution in [1.29, 1.82) is 0 Å². The Balaban J connectivity index is 0.00000243. The van der Waals surface area contributed by atoms with Crippen molar-refractivity contribution in [2.24, 2.45) is 10.9 Å². The van der Waals surface area contributed by atoms with Gasteiger partial charge in [0, 0.05) is 39.4 Å². The summed E-state index contributed by atoms with van der Waals surface area (Å²) in [5.74, 6) is 1.61. The summed E-state index contributed by atoms with van der Waals surface area (Å²) in [5.41, 5.74) is 2.57. The summed E-state index contributed by atoms with van der Waals surface area (Å²) < 4.78 is 0. The van der Waals surface area contributed by atoms with Gasteiger partial charge in [-0.3, -0.25) is 0 Å². The maximum atomic E-state index is 4.75. The second-order valence-corrected chi connectivity index (χ2v) is 6.84. The summed E-state index contributed by atoms with van der Waals surface area (Å²) in [5, 5.41) is 3.55. The molecule has 1 atom stereocenters. The molecule has 5 heteroatoms. The van der Waals surface area contributed by atoms with Crippen LogP contribution in [0.1, 0.15) is 12.0 Å². The van der Waals surface area contributed by atoms with E-state index in [1.165, 1.54) is 17.7 Å². The summed E-state index contributed by atoms with van der Waals surface area (Å²) in [7, 11) is 4.09. The van der Waals surface area contributed by atoms with Crippen LogP contribution < -0.4 is 10.2 Å². The van der Waals surface area contributed by atoms with E-state index in [9.17, 15) is 0 Å². The summed E-state index contributed by atoms with van der Waals surface area (Å²) in [6.07, 6.45) is 1.22. The van der Waals surface area contributed by atoms with Crippen molar-refractivity contribution >= 4 is 35.6 Å². The predicted molar refractivity (Wildman–Crippen MR) is 121 cm³/mol. The third kappa shape index (κ3) is 5.90. The van der Waals surface area contributed by atoms with Crippen LogP contribution in [-0.4, -0.2) is 44.6 Å². The molecule has 1 N–H and O–H groups in total. The standard InChI is InChI=1S/C21H28N4.HI/c1-24(2)21(22-15-18-9-5-3-6-10-18)23-16-19-13-14-25(17-19)20-11-7-4-8-12-20;/h3-12,19H,13-17H2,1-2H3,(H,22,23);1H. The molecule has 0 saturated carbocycles. The Morgan fingerprint density at radius 1 is 1.08 bits per heavy atom. The summed E-state index contributed by atoms with van der Waals surface area (Å²) >= 11 is 0. The van der Waals surface area contributed by atoms with Crippen LogP contribution in [0.15, 0.2) is 65.7 Å². The molecule has 26 heavy (non-hydrogen) atoms. The number of hydrogen-bond acceptors (Lipinski definition) is 2. The van der Waals surface area contributed by atoms with Gasteiger partial charge in [-0.1, -0.05) is 48.5 Å². The van der Waals surface area contributed by atoms with Crippen LogP contribution in [0.2, 0.25) is 0 Å². The number of benzene rings is 2. The minimum absolute atomic E-state index is 0.